The predicted octanol–water partition coefficient (Wildman–Crippen LogP) is 3.44. The highest BCUT2D eigenvalue weighted by Crippen LogP contribution is 2.31. The third-order valence-electron chi connectivity index (χ3n) is 4.58. The molecule has 0 saturated heterocycles. The molecule has 0 unspecified atom stereocenters. The summed E-state index contributed by atoms with van der Waals surface area (Å²) in [6, 6.07) is 6.34. The molecular formula is C19H22N6. The predicted molar refractivity (Wildman–Crippen MR) is 99.4 cm³/mol. The summed E-state index contributed by atoms with van der Waals surface area (Å²) in [5.41, 5.74) is 6.63. The van der Waals surface area contributed by atoms with Gasteiger partial charge in [0, 0.05) is 24.8 Å². The first-order chi connectivity index (χ1) is 12.3. The minimum absolute atomic E-state index is 0.714. The lowest BCUT2D eigenvalue weighted by Crippen LogP contribution is -2.06. The Bertz CT molecular complexity index is 940. The summed E-state index contributed by atoms with van der Waals surface area (Å²) in [6.07, 6.45) is 7.40. The Labute approximate surface area is 147 Å². The quantitative estimate of drug-likeness (QED) is 0.791. The highest BCUT2D eigenvalue weighted by molar-refractivity contribution is 5.86. The van der Waals surface area contributed by atoms with Gasteiger partial charge in [-0.15, -0.1) is 5.10 Å². The highest BCUT2D eigenvalue weighted by atomic mass is 15.4. The van der Waals surface area contributed by atoms with Crippen molar-refractivity contribution in [1.29, 1.82) is 0 Å². The Morgan fingerprint density at radius 3 is 3.00 bits per heavy atom. The number of hydrogen-bond acceptors (Lipinski definition) is 5. The van der Waals surface area contributed by atoms with Crippen LogP contribution in [0.15, 0.2) is 30.5 Å². The van der Waals surface area contributed by atoms with Crippen molar-refractivity contribution < 1.29 is 0 Å². The van der Waals surface area contributed by atoms with Crippen molar-refractivity contribution in [2.24, 2.45) is 0 Å². The second kappa shape index (κ2) is 6.63. The monoisotopic (exact) mass is 334 g/mol. The molecule has 0 radical (unpaired) electrons. The van der Waals surface area contributed by atoms with Crippen molar-refractivity contribution in [3.8, 4) is 0 Å². The number of fused-ring (bicyclic) bond motifs is 2. The lowest BCUT2D eigenvalue weighted by atomic mass is 9.97. The maximum absolute atomic E-state index is 4.73. The molecule has 1 aromatic carbocycles. The highest BCUT2D eigenvalue weighted by Gasteiger charge is 2.17. The van der Waals surface area contributed by atoms with Crippen LogP contribution in [-0.4, -0.2) is 31.5 Å². The molecule has 1 aliphatic carbocycles. The van der Waals surface area contributed by atoms with E-state index in [0.717, 1.165) is 54.6 Å². The molecule has 1 aliphatic rings. The lowest BCUT2D eigenvalue weighted by molar-refractivity contribution is 0.646. The van der Waals surface area contributed by atoms with Crippen LogP contribution in [0.2, 0.25) is 0 Å². The van der Waals surface area contributed by atoms with Gasteiger partial charge in [0.1, 0.15) is 5.52 Å². The Kier molecular flexibility index (Phi) is 4.17. The molecule has 0 amide bonds. The van der Waals surface area contributed by atoms with Gasteiger partial charge in [-0.2, -0.15) is 0 Å². The molecule has 0 spiro atoms. The van der Waals surface area contributed by atoms with Crippen LogP contribution >= 0.6 is 0 Å². The van der Waals surface area contributed by atoms with Crippen molar-refractivity contribution in [3.63, 3.8) is 0 Å². The van der Waals surface area contributed by atoms with E-state index in [2.05, 4.69) is 52.7 Å². The maximum atomic E-state index is 4.73. The number of allylic oxidation sites excluding steroid dienone is 1. The van der Waals surface area contributed by atoms with Crippen molar-refractivity contribution in [2.75, 3.05) is 11.9 Å². The number of hydrogen-bond donors (Lipinski definition) is 1. The van der Waals surface area contributed by atoms with E-state index in [1.54, 1.807) is 0 Å². The largest absolute Gasteiger partial charge is 0.354 e. The molecule has 1 N–H and O–H groups in total. The van der Waals surface area contributed by atoms with Crippen LogP contribution in [-0.2, 0) is 13.0 Å². The van der Waals surface area contributed by atoms with Gasteiger partial charge in [0.05, 0.1) is 11.2 Å². The van der Waals surface area contributed by atoms with Crippen LogP contribution in [0.4, 0.5) is 5.95 Å². The third kappa shape index (κ3) is 2.88. The van der Waals surface area contributed by atoms with E-state index >= 15 is 0 Å². The van der Waals surface area contributed by atoms with Gasteiger partial charge in [0.2, 0.25) is 5.95 Å². The van der Waals surface area contributed by atoms with E-state index in [-0.39, 0.29) is 0 Å². The maximum Gasteiger partial charge on any atom is 0.222 e. The number of rotatable bonds is 4. The number of nitrogens with zero attached hydrogens (tertiary/aromatic N) is 5. The summed E-state index contributed by atoms with van der Waals surface area (Å²) in [5, 5.41) is 11.6. The Hall–Kier alpha value is -2.76. The van der Waals surface area contributed by atoms with Gasteiger partial charge in [-0.25, -0.2) is 14.6 Å². The molecule has 0 fully saturated rings. The number of aryl methyl sites for hydroxylation is 2. The standard InChI is InChI=1S/C19H22N6/c1-3-20-19-21-12-15-14(7-5-6-8-16(15)22-19)13-9-10-17-18(11-13)25(4-2)24-23-17/h7,9-12H,3-6,8H2,1-2H3,(H,20,21,22). The second-order valence-corrected chi connectivity index (χ2v) is 6.20. The fourth-order valence-corrected chi connectivity index (χ4v) is 3.34. The summed E-state index contributed by atoms with van der Waals surface area (Å²) < 4.78 is 1.93. The first-order valence-electron chi connectivity index (χ1n) is 8.94. The topological polar surface area (TPSA) is 68.5 Å². The average Bonchev–Trinajstić information content (AvgIpc) is 2.93. The summed E-state index contributed by atoms with van der Waals surface area (Å²) in [7, 11) is 0. The Morgan fingerprint density at radius 1 is 1.24 bits per heavy atom. The minimum Gasteiger partial charge on any atom is -0.354 e. The van der Waals surface area contributed by atoms with E-state index in [4.69, 9.17) is 4.98 Å². The van der Waals surface area contributed by atoms with Crippen LogP contribution in [0.3, 0.4) is 0 Å². The summed E-state index contributed by atoms with van der Waals surface area (Å²) in [6.45, 7) is 5.77. The van der Waals surface area contributed by atoms with Crippen LogP contribution in [0.1, 0.15) is 43.5 Å². The molecule has 2 heterocycles. The number of nitrogens with one attached hydrogen (secondary N) is 1. The molecule has 0 aliphatic heterocycles. The lowest BCUT2D eigenvalue weighted by Gasteiger charge is -2.12. The fourth-order valence-electron chi connectivity index (χ4n) is 3.34. The van der Waals surface area contributed by atoms with Crippen LogP contribution in [0.5, 0.6) is 0 Å². The number of aromatic nitrogens is 5. The molecule has 0 saturated carbocycles. The summed E-state index contributed by atoms with van der Waals surface area (Å²) in [4.78, 5) is 9.22. The zero-order chi connectivity index (χ0) is 17.2. The number of anilines is 1. The SMILES string of the molecule is CCNc1ncc2c(n1)CCCC=C2c1ccc2nnn(CC)c2c1. The van der Waals surface area contributed by atoms with Crippen LogP contribution in [0.25, 0.3) is 16.6 Å². The molecule has 0 atom stereocenters. The molecule has 3 aromatic rings. The van der Waals surface area contributed by atoms with Crippen molar-refractivity contribution in [1.82, 2.24) is 25.0 Å². The normalized spacial score (nSPS) is 14.1. The Morgan fingerprint density at radius 2 is 2.16 bits per heavy atom. The first kappa shape index (κ1) is 15.7. The van der Waals surface area contributed by atoms with E-state index in [0.29, 0.717) is 5.95 Å². The van der Waals surface area contributed by atoms with Gasteiger partial charge >= 0.3 is 0 Å². The number of benzene rings is 1. The van der Waals surface area contributed by atoms with Crippen molar-refractivity contribution >= 4 is 22.6 Å². The Balaban J connectivity index is 1.81. The van der Waals surface area contributed by atoms with Gasteiger partial charge in [0.15, 0.2) is 0 Å². The summed E-state index contributed by atoms with van der Waals surface area (Å²) in [5.74, 6) is 0.714. The van der Waals surface area contributed by atoms with Gasteiger partial charge in [-0.1, -0.05) is 17.4 Å². The zero-order valence-corrected chi connectivity index (χ0v) is 14.7. The summed E-state index contributed by atoms with van der Waals surface area (Å²) >= 11 is 0. The molecule has 6 nitrogen and oxygen atoms in total. The molecular weight excluding hydrogens is 312 g/mol. The van der Waals surface area contributed by atoms with E-state index < -0.39 is 0 Å². The smallest absolute Gasteiger partial charge is 0.222 e. The molecule has 128 valence electrons. The molecule has 25 heavy (non-hydrogen) atoms. The van der Waals surface area contributed by atoms with Crippen LogP contribution < -0.4 is 5.32 Å². The fraction of sp³-hybridized carbons (Fsp3) is 0.368. The van der Waals surface area contributed by atoms with Gasteiger partial charge in [0.25, 0.3) is 0 Å². The van der Waals surface area contributed by atoms with E-state index in [1.807, 2.05) is 16.9 Å². The third-order valence-corrected chi connectivity index (χ3v) is 4.58. The average molecular weight is 334 g/mol. The van der Waals surface area contributed by atoms with Gasteiger partial charge in [-0.3, -0.25) is 0 Å². The van der Waals surface area contributed by atoms with Crippen molar-refractivity contribution in [3.05, 3.63) is 47.3 Å². The first-order valence-corrected chi connectivity index (χ1v) is 8.94. The molecule has 6 heteroatoms. The van der Waals surface area contributed by atoms with E-state index in [1.165, 1.54) is 11.1 Å². The molecule has 4 rings (SSSR count). The van der Waals surface area contributed by atoms with Gasteiger partial charge in [-0.05, 0) is 56.4 Å². The second-order valence-electron chi connectivity index (χ2n) is 6.20. The van der Waals surface area contributed by atoms with Crippen LogP contribution in [0, 0.1) is 0 Å². The van der Waals surface area contributed by atoms with E-state index in [9.17, 15) is 0 Å². The zero-order valence-electron chi connectivity index (χ0n) is 14.7. The van der Waals surface area contributed by atoms with Gasteiger partial charge < -0.3 is 5.32 Å². The molecule has 2 aromatic heterocycles. The molecule has 0 bridgehead atoms. The minimum atomic E-state index is 0.714. The van der Waals surface area contributed by atoms with Crippen molar-refractivity contribution in [2.45, 2.75) is 39.7 Å².